The number of hydrogen-bond donors (Lipinski definition) is 2. The lowest BCUT2D eigenvalue weighted by molar-refractivity contribution is -0.143. The van der Waals surface area contributed by atoms with Gasteiger partial charge < -0.3 is 14.8 Å². The summed E-state index contributed by atoms with van der Waals surface area (Å²) >= 11 is 0. The summed E-state index contributed by atoms with van der Waals surface area (Å²) in [4.78, 5) is 35.1. The topological polar surface area (TPSA) is 93.7 Å². The molecule has 1 aromatic carbocycles. The molecule has 0 saturated heterocycles. The smallest absolute Gasteiger partial charge is 0.331 e. The van der Waals surface area contributed by atoms with E-state index in [4.69, 9.17) is 9.47 Å². The summed E-state index contributed by atoms with van der Waals surface area (Å²) in [5.41, 5.74) is 0.798. The number of urea groups is 1. The zero-order valence-electron chi connectivity index (χ0n) is 15.5. The molecule has 2 rings (SSSR count). The maximum absolute atomic E-state index is 11.7. The number of hydrogen-bond acceptors (Lipinski definition) is 5. The molecule has 2 N–H and O–H groups in total. The molecular weight excluding hydrogens is 348 g/mol. The molecule has 0 aliphatic heterocycles. The second-order valence-corrected chi connectivity index (χ2v) is 6.30. The van der Waals surface area contributed by atoms with Crippen molar-refractivity contribution in [3.05, 3.63) is 35.9 Å². The Bertz CT molecular complexity index is 663. The van der Waals surface area contributed by atoms with Crippen LogP contribution in [0.2, 0.25) is 0 Å². The van der Waals surface area contributed by atoms with Gasteiger partial charge in [-0.25, -0.2) is 9.59 Å². The van der Waals surface area contributed by atoms with Crippen molar-refractivity contribution in [1.82, 2.24) is 10.6 Å². The fourth-order valence-electron chi connectivity index (χ4n) is 2.82. The molecule has 7 nitrogen and oxygen atoms in total. The largest absolute Gasteiger partial charge is 0.494 e. The third-order valence-electron chi connectivity index (χ3n) is 4.14. The highest BCUT2D eigenvalue weighted by Crippen LogP contribution is 2.17. The van der Waals surface area contributed by atoms with Crippen LogP contribution in [-0.2, 0) is 14.3 Å². The Kier molecular flexibility index (Phi) is 8.35. The summed E-state index contributed by atoms with van der Waals surface area (Å²) in [5.74, 6) is -0.571. The lowest BCUT2D eigenvalue weighted by Crippen LogP contribution is -2.46. The van der Waals surface area contributed by atoms with Crippen molar-refractivity contribution in [3.8, 4) is 5.75 Å². The van der Waals surface area contributed by atoms with Crippen LogP contribution in [0.3, 0.4) is 0 Å². The van der Waals surface area contributed by atoms with Crippen LogP contribution in [0.5, 0.6) is 5.75 Å². The van der Waals surface area contributed by atoms with Crippen molar-refractivity contribution in [2.75, 3.05) is 13.2 Å². The molecule has 1 aliphatic rings. The van der Waals surface area contributed by atoms with Gasteiger partial charge in [0.15, 0.2) is 6.61 Å². The molecule has 1 aromatic rings. The van der Waals surface area contributed by atoms with Crippen LogP contribution >= 0.6 is 0 Å². The van der Waals surface area contributed by atoms with E-state index in [1.54, 1.807) is 30.3 Å². The number of carbonyl (C=O) groups excluding carboxylic acids is 3. The lowest BCUT2D eigenvalue weighted by Gasteiger charge is -2.22. The first-order valence-electron chi connectivity index (χ1n) is 9.25. The molecule has 7 heteroatoms. The Labute approximate surface area is 159 Å². The maximum atomic E-state index is 11.7. The van der Waals surface area contributed by atoms with Gasteiger partial charge in [-0.2, -0.15) is 0 Å². The second kappa shape index (κ2) is 11.0. The second-order valence-electron chi connectivity index (χ2n) is 6.30. The van der Waals surface area contributed by atoms with Crippen molar-refractivity contribution in [1.29, 1.82) is 0 Å². The highest BCUT2D eigenvalue weighted by molar-refractivity contribution is 5.96. The van der Waals surface area contributed by atoms with Gasteiger partial charge >= 0.3 is 12.0 Å². The monoisotopic (exact) mass is 374 g/mol. The van der Waals surface area contributed by atoms with Gasteiger partial charge in [0.25, 0.3) is 5.91 Å². The van der Waals surface area contributed by atoms with Crippen molar-refractivity contribution in [2.24, 2.45) is 0 Å². The van der Waals surface area contributed by atoms with Gasteiger partial charge in [0, 0.05) is 12.1 Å². The van der Waals surface area contributed by atoms with E-state index < -0.39 is 24.5 Å². The first-order chi connectivity index (χ1) is 13.1. The highest BCUT2D eigenvalue weighted by atomic mass is 16.5. The Morgan fingerprint density at radius 1 is 1.11 bits per heavy atom. The lowest BCUT2D eigenvalue weighted by atomic mass is 9.96. The highest BCUT2D eigenvalue weighted by Gasteiger charge is 2.17. The van der Waals surface area contributed by atoms with Gasteiger partial charge in [-0.3, -0.25) is 10.1 Å². The minimum absolute atomic E-state index is 0.103. The molecule has 146 valence electrons. The van der Waals surface area contributed by atoms with Crippen LogP contribution in [0.4, 0.5) is 4.79 Å². The van der Waals surface area contributed by atoms with Gasteiger partial charge in [0.05, 0.1) is 6.61 Å². The van der Waals surface area contributed by atoms with E-state index in [9.17, 15) is 14.4 Å². The minimum atomic E-state index is -0.661. The van der Waals surface area contributed by atoms with E-state index in [-0.39, 0.29) is 6.04 Å². The molecule has 1 saturated carbocycles. The third-order valence-corrected chi connectivity index (χ3v) is 4.14. The number of ether oxygens (including phenoxy) is 2. The average Bonchev–Trinajstić information content (AvgIpc) is 2.67. The number of esters is 1. The zero-order chi connectivity index (χ0) is 19.5. The van der Waals surface area contributed by atoms with Gasteiger partial charge in [0.2, 0.25) is 0 Å². The van der Waals surface area contributed by atoms with Gasteiger partial charge in [0.1, 0.15) is 5.75 Å². The van der Waals surface area contributed by atoms with Crippen LogP contribution in [0.15, 0.2) is 30.3 Å². The maximum Gasteiger partial charge on any atom is 0.331 e. The summed E-state index contributed by atoms with van der Waals surface area (Å²) in [6.07, 6.45) is 7.99. The molecule has 3 amide bonds. The normalized spacial score (nSPS) is 14.6. The van der Waals surface area contributed by atoms with Crippen LogP contribution in [0.25, 0.3) is 6.08 Å². The molecule has 0 unspecified atom stereocenters. The Hall–Kier alpha value is -2.83. The van der Waals surface area contributed by atoms with E-state index in [2.05, 4.69) is 10.6 Å². The van der Waals surface area contributed by atoms with E-state index in [0.29, 0.717) is 6.61 Å². The number of benzene rings is 1. The summed E-state index contributed by atoms with van der Waals surface area (Å²) in [7, 11) is 0. The van der Waals surface area contributed by atoms with E-state index >= 15 is 0 Å². The fraction of sp³-hybridized carbons (Fsp3) is 0.450. The molecule has 0 spiro atoms. The molecular formula is C20H26N2O5. The molecule has 27 heavy (non-hydrogen) atoms. The van der Waals surface area contributed by atoms with Crippen LogP contribution in [0, 0.1) is 0 Å². The Morgan fingerprint density at radius 3 is 2.48 bits per heavy atom. The molecule has 0 heterocycles. The average molecular weight is 374 g/mol. The van der Waals surface area contributed by atoms with Crippen molar-refractivity contribution >= 4 is 24.0 Å². The zero-order valence-corrected chi connectivity index (χ0v) is 15.5. The Morgan fingerprint density at radius 2 is 1.81 bits per heavy atom. The van der Waals surface area contributed by atoms with Crippen molar-refractivity contribution < 1.29 is 23.9 Å². The molecule has 1 fully saturated rings. The van der Waals surface area contributed by atoms with E-state index in [1.807, 2.05) is 6.92 Å². The number of amides is 3. The molecule has 1 aliphatic carbocycles. The van der Waals surface area contributed by atoms with E-state index in [0.717, 1.165) is 37.0 Å². The summed E-state index contributed by atoms with van der Waals surface area (Å²) < 4.78 is 10.2. The van der Waals surface area contributed by atoms with Crippen LogP contribution in [0.1, 0.15) is 44.6 Å². The predicted molar refractivity (Wildman–Crippen MR) is 101 cm³/mol. The molecule has 0 bridgehead atoms. The number of imide groups is 1. The minimum Gasteiger partial charge on any atom is -0.494 e. The van der Waals surface area contributed by atoms with Crippen LogP contribution < -0.4 is 15.4 Å². The quantitative estimate of drug-likeness (QED) is 0.565. The number of carbonyl (C=O) groups is 3. The first-order valence-corrected chi connectivity index (χ1v) is 9.25. The molecule has 0 radical (unpaired) electrons. The summed E-state index contributed by atoms with van der Waals surface area (Å²) in [5, 5.41) is 4.93. The van der Waals surface area contributed by atoms with Crippen molar-refractivity contribution in [3.63, 3.8) is 0 Å². The van der Waals surface area contributed by atoms with Gasteiger partial charge in [-0.05, 0) is 43.5 Å². The summed E-state index contributed by atoms with van der Waals surface area (Å²) in [6.45, 7) is 1.98. The number of nitrogens with one attached hydrogen (secondary N) is 2. The summed E-state index contributed by atoms with van der Waals surface area (Å²) in [6, 6.07) is 6.76. The molecule has 0 aromatic heterocycles. The van der Waals surface area contributed by atoms with Crippen molar-refractivity contribution in [2.45, 2.75) is 45.1 Å². The standard InChI is InChI=1S/C20H26N2O5/c1-2-26-17-11-8-15(9-12-17)10-13-19(24)27-14-18(23)22-20(25)21-16-6-4-3-5-7-16/h8-13,16H,2-7,14H2,1H3,(H2,21,22,23,25)/b13-10+. The predicted octanol–water partition coefficient (Wildman–Crippen LogP) is 2.80. The van der Waals surface area contributed by atoms with Crippen LogP contribution in [-0.4, -0.2) is 37.2 Å². The fourth-order valence-corrected chi connectivity index (χ4v) is 2.82. The number of rotatable bonds is 7. The van der Waals surface area contributed by atoms with Gasteiger partial charge in [-0.1, -0.05) is 31.4 Å². The first kappa shape index (κ1) is 20.5. The van der Waals surface area contributed by atoms with E-state index in [1.165, 1.54) is 12.5 Å². The molecule has 0 atom stereocenters. The Balaban J connectivity index is 1.67. The third kappa shape index (κ3) is 7.94. The SMILES string of the molecule is CCOc1ccc(/C=C/C(=O)OCC(=O)NC(=O)NC2CCCCC2)cc1. The van der Waals surface area contributed by atoms with Gasteiger partial charge in [-0.15, -0.1) is 0 Å².